The summed E-state index contributed by atoms with van der Waals surface area (Å²) in [6.07, 6.45) is 0. The molecule has 24 heavy (non-hydrogen) atoms. The molecule has 0 fully saturated rings. The third kappa shape index (κ3) is 2.28. The van der Waals surface area contributed by atoms with Gasteiger partial charge >= 0.3 is 5.69 Å². The van der Waals surface area contributed by atoms with Gasteiger partial charge in [-0.05, 0) is 25.5 Å². The Balaban J connectivity index is 2.17. The number of H-pyrrole nitrogens is 1. The van der Waals surface area contributed by atoms with E-state index < -0.39 is 17.1 Å². The van der Waals surface area contributed by atoms with Crippen LogP contribution < -0.4 is 11.2 Å². The van der Waals surface area contributed by atoms with Gasteiger partial charge in [-0.25, -0.2) is 9.78 Å². The average molecular weight is 329 g/mol. The summed E-state index contributed by atoms with van der Waals surface area (Å²) in [7, 11) is 2.63. The average Bonchev–Trinajstić information content (AvgIpc) is 2.94. The van der Waals surface area contributed by atoms with Crippen LogP contribution >= 0.6 is 0 Å². The Morgan fingerprint density at radius 1 is 1.17 bits per heavy atom. The van der Waals surface area contributed by atoms with E-state index in [4.69, 9.17) is 0 Å². The summed E-state index contributed by atoms with van der Waals surface area (Å²) in [6.45, 7) is 3.74. The van der Waals surface area contributed by atoms with Crippen molar-refractivity contribution in [3.8, 4) is 5.88 Å². The van der Waals surface area contributed by atoms with Crippen LogP contribution in [0.2, 0.25) is 0 Å². The highest BCUT2D eigenvalue weighted by atomic mass is 16.3. The fourth-order valence-electron chi connectivity index (χ4n) is 2.43. The summed E-state index contributed by atoms with van der Waals surface area (Å²) >= 11 is 0. The lowest BCUT2D eigenvalue weighted by Crippen LogP contribution is -2.36. The number of fused-ring (bicyclic) bond motifs is 1. The maximum absolute atomic E-state index is 12.1. The largest absolute Gasteiger partial charge is 0.493 e. The van der Waals surface area contributed by atoms with Gasteiger partial charge in [0, 0.05) is 19.8 Å². The van der Waals surface area contributed by atoms with Gasteiger partial charge in [0.2, 0.25) is 11.6 Å². The second kappa shape index (κ2) is 5.41. The number of nitrogens with one attached hydrogen (secondary N) is 1. The molecular weight excluding hydrogens is 314 g/mol. The fourth-order valence-corrected chi connectivity index (χ4v) is 2.43. The molecule has 3 aromatic heterocycles. The summed E-state index contributed by atoms with van der Waals surface area (Å²) < 4.78 is 1.76. The van der Waals surface area contributed by atoms with Crippen molar-refractivity contribution in [2.45, 2.75) is 13.8 Å². The van der Waals surface area contributed by atoms with Crippen molar-refractivity contribution >= 4 is 22.5 Å². The predicted molar refractivity (Wildman–Crippen MR) is 86.1 cm³/mol. The number of nitrogens with zero attached hydrogens (tertiary/aromatic N) is 6. The van der Waals surface area contributed by atoms with Gasteiger partial charge in [0.25, 0.3) is 5.56 Å². The monoisotopic (exact) mass is 329 g/mol. The van der Waals surface area contributed by atoms with E-state index in [1.807, 2.05) is 19.9 Å². The lowest BCUT2D eigenvalue weighted by Gasteiger charge is -2.05. The molecule has 10 nitrogen and oxygen atoms in total. The second-order valence-electron chi connectivity index (χ2n) is 5.43. The molecule has 0 radical (unpaired) electrons. The van der Waals surface area contributed by atoms with E-state index in [0.717, 1.165) is 20.4 Å². The highest BCUT2D eigenvalue weighted by molar-refractivity contribution is 5.88. The highest BCUT2D eigenvalue weighted by Gasteiger charge is 2.15. The first-order valence-corrected chi connectivity index (χ1v) is 7.04. The van der Waals surface area contributed by atoms with Crippen LogP contribution in [0, 0.1) is 13.8 Å². The zero-order chi connectivity index (χ0) is 17.6. The Labute approximate surface area is 135 Å². The number of pyridine rings is 1. The summed E-state index contributed by atoms with van der Waals surface area (Å²) in [5, 5.41) is 25.2. The highest BCUT2D eigenvalue weighted by Crippen LogP contribution is 2.28. The maximum Gasteiger partial charge on any atom is 0.333 e. The molecule has 2 N–H and O–H groups in total. The number of rotatable bonds is 2. The minimum atomic E-state index is -0.742. The Hall–Kier alpha value is -3.30. The molecule has 3 heterocycles. The fraction of sp³-hybridized carbons (Fsp3) is 0.286. The van der Waals surface area contributed by atoms with Crippen LogP contribution in [0.5, 0.6) is 5.88 Å². The standard InChI is InChI=1S/C14H15N7O3/c1-6-5-7(2)15-10-8(6)11(19-17-10)18-16-9-12(22)20(3)14(24)21(4)13(9)23/h5,22H,1-4H3,(H,15,17,19). The normalized spacial score (nSPS) is 11.7. The van der Waals surface area contributed by atoms with Gasteiger partial charge < -0.3 is 5.11 Å². The van der Waals surface area contributed by atoms with Crippen LogP contribution in [0.25, 0.3) is 11.0 Å². The van der Waals surface area contributed by atoms with E-state index in [1.165, 1.54) is 14.1 Å². The van der Waals surface area contributed by atoms with E-state index in [2.05, 4.69) is 25.4 Å². The molecular formula is C14H15N7O3. The molecule has 3 aromatic rings. The van der Waals surface area contributed by atoms with Crippen LogP contribution in [0.4, 0.5) is 11.5 Å². The van der Waals surface area contributed by atoms with E-state index in [9.17, 15) is 14.7 Å². The molecule has 0 aliphatic rings. The van der Waals surface area contributed by atoms with Gasteiger partial charge in [-0.2, -0.15) is 5.10 Å². The number of aromatic amines is 1. The first-order valence-electron chi connectivity index (χ1n) is 7.04. The van der Waals surface area contributed by atoms with E-state index in [-0.39, 0.29) is 5.69 Å². The molecule has 0 bridgehead atoms. The number of aromatic hydroxyl groups is 1. The number of aryl methyl sites for hydroxylation is 2. The molecule has 0 aromatic carbocycles. The van der Waals surface area contributed by atoms with Crippen molar-refractivity contribution in [2.75, 3.05) is 0 Å². The molecule has 0 unspecified atom stereocenters. The molecule has 124 valence electrons. The zero-order valence-electron chi connectivity index (χ0n) is 13.5. The lowest BCUT2D eigenvalue weighted by atomic mass is 10.2. The van der Waals surface area contributed by atoms with Gasteiger partial charge in [-0.1, -0.05) is 0 Å². The van der Waals surface area contributed by atoms with Crippen molar-refractivity contribution in [1.82, 2.24) is 24.3 Å². The Morgan fingerprint density at radius 3 is 2.58 bits per heavy atom. The van der Waals surface area contributed by atoms with Crippen molar-refractivity contribution in [2.24, 2.45) is 24.3 Å². The molecule has 0 spiro atoms. The molecule has 0 aliphatic carbocycles. The van der Waals surface area contributed by atoms with Crippen molar-refractivity contribution < 1.29 is 5.11 Å². The number of hydrogen-bond donors (Lipinski definition) is 2. The van der Waals surface area contributed by atoms with Crippen molar-refractivity contribution in [3.05, 3.63) is 38.2 Å². The van der Waals surface area contributed by atoms with Crippen LogP contribution in [0.1, 0.15) is 11.3 Å². The first kappa shape index (κ1) is 15.6. The van der Waals surface area contributed by atoms with Crippen molar-refractivity contribution in [1.29, 1.82) is 0 Å². The Kier molecular flexibility index (Phi) is 3.51. The Bertz CT molecular complexity index is 1100. The van der Waals surface area contributed by atoms with Gasteiger partial charge in [0.15, 0.2) is 11.5 Å². The lowest BCUT2D eigenvalue weighted by molar-refractivity contribution is 0.413. The van der Waals surface area contributed by atoms with Gasteiger partial charge in [-0.3, -0.25) is 19.0 Å². The maximum atomic E-state index is 12.1. The molecule has 0 aliphatic heterocycles. The predicted octanol–water partition coefficient (Wildman–Crippen LogP) is 1.09. The van der Waals surface area contributed by atoms with Crippen molar-refractivity contribution in [3.63, 3.8) is 0 Å². The third-order valence-corrected chi connectivity index (χ3v) is 3.69. The zero-order valence-corrected chi connectivity index (χ0v) is 13.5. The first-order chi connectivity index (χ1) is 11.3. The molecule has 10 heteroatoms. The number of azo groups is 1. The summed E-state index contributed by atoms with van der Waals surface area (Å²) in [5.41, 5.74) is 0.476. The molecule has 3 rings (SSSR count). The van der Waals surface area contributed by atoms with Crippen LogP contribution in [-0.2, 0) is 14.1 Å². The number of aromatic nitrogens is 5. The minimum absolute atomic E-state index is 0.310. The summed E-state index contributed by atoms with van der Waals surface area (Å²) in [4.78, 5) is 28.1. The molecule has 0 saturated carbocycles. The summed E-state index contributed by atoms with van der Waals surface area (Å²) in [5.74, 6) is -0.244. The van der Waals surface area contributed by atoms with E-state index >= 15 is 0 Å². The quantitative estimate of drug-likeness (QED) is 0.680. The molecule has 0 atom stereocenters. The van der Waals surface area contributed by atoms with Crippen LogP contribution in [0.3, 0.4) is 0 Å². The SMILES string of the molecule is Cc1cc(C)c2c(N=Nc3c(O)n(C)c(=O)n(C)c3=O)[nH]nc2n1. The Morgan fingerprint density at radius 2 is 1.88 bits per heavy atom. The second-order valence-corrected chi connectivity index (χ2v) is 5.43. The van der Waals surface area contributed by atoms with Gasteiger partial charge in [0.1, 0.15) is 0 Å². The van der Waals surface area contributed by atoms with Crippen LogP contribution in [-0.4, -0.2) is 29.4 Å². The molecule has 0 saturated heterocycles. The topological polar surface area (TPSA) is 131 Å². The van der Waals surface area contributed by atoms with Gasteiger partial charge in [0.05, 0.1) is 5.39 Å². The minimum Gasteiger partial charge on any atom is -0.493 e. The summed E-state index contributed by atoms with van der Waals surface area (Å²) in [6, 6.07) is 1.87. The molecule has 0 amide bonds. The van der Waals surface area contributed by atoms with Crippen LogP contribution in [0.15, 0.2) is 25.9 Å². The third-order valence-electron chi connectivity index (χ3n) is 3.69. The van der Waals surface area contributed by atoms with E-state index in [0.29, 0.717) is 16.9 Å². The number of hydrogen-bond acceptors (Lipinski definition) is 7. The van der Waals surface area contributed by atoms with E-state index in [1.54, 1.807) is 0 Å². The van der Waals surface area contributed by atoms with Gasteiger partial charge in [-0.15, -0.1) is 10.2 Å². The smallest absolute Gasteiger partial charge is 0.333 e.